The first-order valence-electron chi connectivity index (χ1n) is 6.75. The molecular weight excluding hydrogens is 298 g/mol. The lowest BCUT2D eigenvalue weighted by Gasteiger charge is -2.07. The number of benzene rings is 2. The molecule has 2 aromatic carbocycles. The molecule has 1 amide bonds. The second kappa shape index (κ2) is 7.17. The van der Waals surface area contributed by atoms with Gasteiger partial charge in [0.2, 0.25) is 0 Å². The van der Waals surface area contributed by atoms with Crippen LogP contribution in [0.15, 0.2) is 53.6 Å². The summed E-state index contributed by atoms with van der Waals surface area (Å²) in [5.41, 5.74) is 3.75. The maximum atomic E-state index is 12.1. The van der Waals surface area contributed by atoms with E-state index in [-0.39, 0.29) is 5.69 Å². The molecule has 0 saturated heterocycles. The van der Waals surface area contributed by atoms with Gasteiger partial charge in [-0.2, -0.15) is 5.10 Å². The van der Waals surface area contributed by atoms with E-state index in [0.717, 1.165) is 0 Å². The summed E-state index contributed by atoms with van der Waals surface area (Å²) in [7, 11) is 1.48. The summed E-state index contributed by atoms with van der Waals surface area (Å²) < 4.78 is 5.12. The van der Waals surface area contributed by atoms with Crippen LogP contribution < -0.4 is 10.2 Å². The van der Waals surface area contributed by atoms with Crippen molar-refractivity contribution in [2.45, 2.75) is 6.92 Å². The molecule has 23 heavy (non-hydrogen) atoms. The third kappa shape index (κ3) is 3.91. The molecule has 0 bridgehead atoms. The van der Waals surface area contributed by atoms with Gasteiger partial charge in [-0.1, -0.05) is 24.3 Å². The van der Waals surface area contributed by atoms with E-state index in [1.807, 2.05) is 0 Å². The van der Waals surface area contributed by atoms with E-state index >= 15 is 0 Å². The maximum Gasteiger partial charge on any atom is 0.275 e. The standard InChI is InChI=1S/C16H15N3O4/c1-11(12-6-5-7-13(10-12)19(21)22)17-18-16(20)14-8-3-4-9-15(14)23-2/h3-10H,1-2H3,(H,18,20). The number of para-hydroxylation sites is 1. The van der Waals surface area contributed by atoms with Crippen LogP contribution in [0.2, 0.25) is 0 Å². The largest absolute Gasteiger partial charge is 0.496 e. The molecule has 0 unspecified atom stereocenters. The van der Waals surface area contributed by atoms with Crippen LogP contribution in [-0.2, 0) is 0 Å². The zero-order valence-electron chi connectivity index (χ0n) is 12.6. The zero-order chi connectivity index (χ0) is 16.8. The minimum atomic E-state index is -0.482. The molecule has 0 saturated carbocycles. The van der Waals surface area contributed by atoms with E-state index in [2.05, 4.69) is 10.5 Å². The summed E-state index contributed by atoms with van der Waals surface area (Å²) in [6.07, 6.45) is 0. The van der Waals surface area contributed by atoms with Gasteiger partial charge >= 0.3 is 0 Å². The predicted molar refractivity (Wildman–Crippen MR) is 85.8 cm³/mol. The highest BCUT2D eigenvalue weighted by Gasteiger charge is 2.11. The monoisotopic (exact) mass is 313 g/mol. The topological polar surface area (TPSA) is 93.8 Å². The number of non-ortho nitro benzene ring substituents is 1. The number of hydrogen-bond donors (Lipinski definition) is 1. The van der Waals surface area contributed by atoms with E-state index in [1.165, 1.54) is 19.2 Å². The summed E-state index contributed by atoms with van der Waals surface area (Å²) in [5, 5.41) is 14.8. The number of methoxy groups -OCH3 is 1. The van der Waals surface area contributed by atoms with E-state index in [1.54, 1.807) is 43.3 Å². The van der Waals surface area contributed by atoms with Crippen molar-refractivity contribution >= 4 is 17.3 Å². The number of nitrogens with one attached hydrogen (secondary N) is 1. The molecule has 0 aliphatic carbocycles. The fourth-order valence-electron chi connectivity index (χ4n) is 1.94. The first kappa shape index (κ1) is 16.2. The summed E-state index contributed by atoms with van der Waals surface area (Å²) >= 11 is 0. The number of hydrogen-bond acceptors (Lipinski definition) is 5. The third-order valence-electron chi connectivity index (χ3n) is 3.15. The average Bonchev–Trinajstić information content (AvgIpc) is 2.59. The van der Waals surface area contributed by atoms with Crippen LogP contribution in [-0.4, -0.2) is 23.7 Å². The fourth-order valence-corrected chi connectivity index (χ4v) is 1.94. The number of nitro benzene ring substituents is 1. The van der Waals surface area contributed by atoms with Gasteiger partial charge in [0.1, 0.15) is 5.75 Å². The van der Waals surface area contributed by atoms with Crippen molar-refractivity contribution < 1.29 is 14.5 Å². The Labute approximate surface area is 132 Å². The Balaban J connectivity index is 2.17. The molecular formula is C16H15N3O4. The lowest BCUT2D eigenvalue weighted by atomic mass is 10.1. The van der Waals surface area contributed by atoms with Crippen molar-refractivity contribution in [1.29, 1.82) is 0 Å². The van der Waals surface area contributed by atoms with E-state index in [9.17, 15) is 14.9 Å². The molecule has 0 atom stereocenters. The van der Waals surface area contributed by atoms with Crippen LogP contribution in [0, 0.1) is 10.1 Å². The van der Waals surface area contributed by atoms with E-state index in [0.29, 0.717) is 22.6 Å². The number of hydrazone groups is 1. The van der Waals surface area contributed by atoms with Crippen LogP contribution in [0.1, 0.15) is 22.8 Å². The first-order valence-corrected chi connectivity index (χ1v) is 6.75. The molecule has 0 fully saturated rings. The van der Waals surface area contributed by atoms with Crippen LogP contribution in [0.4, 0.5) is 5.69 Å². The van der Waals surface area contributed by atoms with Gasteiger partial charge in [0.25, 0.3) is 11.6 Å². The van der Waals surface area contributed by atoms with Gasteiger partial charge in [-0.05, 0) is 19.1 Å². The summed E-state index contributed by atoms with van der Waals surface area (Å²) in [6.45, 7) is 1.65. The molecule has 0 aliphatic heterocycles. The van der Waals surface area contributed by atoms with Crippen molar-refractivity contribution in [2.24, 2.45) is 5.10 Å². The second-order valence-corrected chi connectivity index (χ2v) is 4.65. The van der Waals surface area contributed by atoms with Crippen molar-refractivity contribution in [3.63, 3.8) is 0 Å². The van der Waals surface area contributed by atoms with Crippen LogP contribution >= 0.6 is 0 Å². The maximum absolute atomic E-state index is 12.1. The van der Waals surface area contributed by atoms with Crippen molar-refractivity contribution in [2.75, 3.05) is 7.11 Å². The predicted octanol–water partition coefficient (Wildman–Crippen LogP) is 2.76. The van der Waals surface area contributed by atoms with Crippen molar-refractivity contribution in [1.82, 2.24) is 5.43 Å². The van der Waals surface area contributed by atoms with Crippen LogP contribution in [0.25, 0.3) is 0 Å². The van der Waals surface area contributed by atoms with Gasteiger partial charge in [0.15, 0.2) is 0 Å². The average molecular weight is 313 g/mol. The first-order chi connectivity index (χ1) is 11.0. The molecule has 2 aromatic rings. The molecule has 118 valence electrons. The Kier molecular flexibility index (Phi) is 5.03. The molecule has 0 spiro atoms. The quantitative estimate of drug-likeness (QED) is 0.521. The SMILES string of the molecule is COc1ccccc1C(=O)NN=C(C)c1cccc([N+](=O)[O-])c1. The smallest absolute Gasteiger partial charge is 0.275 e. The molecule has 7 nitrogen and oxygen atoms in total. The molecule has 7 heteroatoms. The molecule has 2 rings (SSSR count). The molecule has 0 radical (unpaired) electrons. The highest BCUT2D eigenvalue weighted by Crippen LogP contribution is 2.17. The van der Waals surface area contributed by atoms with E-state index in [4.69, 9.17) is 4.74 Å². The van der Waals surface area contributed by atoms with Crippen molar-refractivity contribution in [3.05, 3.63) is 69.8 Å². The Hall–Kier alpha value is -3.22. The molecule has 1 N–H and O–H groups in total. The highest BCUT2D eigenvalue weighted by molar-refractivity contribution is 6.01. The van der Waals surface area contributed by atoms with Gasteiger partial charge in [0.05, 0.1) is 23.3 Å². The fraction of sp³-hybridized carbons (Fsp3) is 0.125. The number of nitro groups is 1. The number of rotatable bonds is 5. The van der Waals surface area contributed by atoms with Gasteiger partial charge in [0, 0.05) is 17.7 Å². The minimum Gasteiger partial charge on any atom is -0.496 e. The molecule has 0 aromatic heterocycles. The summed E-state index contributed by atoms with van der Waals surface area (Å²) in [5.74, 6) is 0.0143. The van der Waals surface area contributed by atoms with Gasteiger partial charge in [-0.15, -0.1) is 0 Å². The summed E-state index contributed by atoms with van der Waals surface area (Å²) in [6, 6.07) is 12.8. The Morgan fingerprint density at radius 2 is 1.96 bits per heavy atom. The number of nitrogens with zero attached hydrogens (tertiary/aromatic N) is 2. The molecule has 0 aliphatic rings. The van der Waals surface area contributed by atoms with Gasteiger partial charge in [-0.25, -0.2) is 5.43 Å². The van der Waals surface area contributed by atoms with Gasteiger partial charge in [-0.3, -0.25) is 14.9 Å². The number of amides is 1. The van der Waals surface area contributed by atoms with Crippen LogP contribution in [0.5, 0.6) is 5.75 Å². The Morgan fingerprint density at radius 1 is 1.22 bits per heavy atom. The number of carbonyl (C=O) groups excluding carboxylic acids is 1. The Morgan fingerprint density at radius 3 is 2.65 bits per heavy atom. The Bertz CT molecular complexity index is 771. The number of ether oxygens (including phenoxy) is 1. The second-order valence-electron chi connectivity index (χ2n) is 4.65. The molecule has 0 heterocycles. The van der Waals surface area contributed by atoms with Gasteiger partial charge < -0.3 is 4.74 Å². The normalized spacial score (nSPS) is 11.0. The van der Waals surface area contributed by atoms with Crippen molar-refractivity contribution in [3.8, 4) is 5.75 Å². The zero-order valence-corrected chi connectivity index (χ0v) is 12.6. The summed E-state index contributed by atoms with van der Waals surface area (Å²) in [4.78, 5) is 22.4. The minimum absolute atomic E-state index is 0.0342. The van der Waals surface area contributed by atoms with E-state index < -0.39 is 10.8 Å². The lowest BCUT2D eigenvalue weighted by molar-refractivity contribution is -0.384. The van der Waals surface area contributed by atoms with Crippen LogP contribution in [0.3, 0.4) is 0 Å². The highest BCUT2D eigenvalue weighted by atomic mass is 16.6. The number of carbonyl (C=O) groups is 1. The lowest BCUT2D eigenvalue weighted by Crippen LogP contribution is -2.20. The third-order valence-corrected chi connectivity index (χ3v) is 3.15.